The van der Waals surface area contributed by atoms with E-state index >= 15 is 0 Å². The van der Waals surface area contributed by atoms with Crippen LogP contribution < -0.4 is 0 Å². The van der Waals surface area contributed by atoms with Crippen LogP contribution in [0.3, 0.4) is 0 Å². The van der Waals surface area contributed by atoms with Crippen LogP contribution >= 0.6 is 0 Å². The summed E-state index contributed by atoms with van der Waals surface area (Å²) in [6, 6.07) is 9.33. The molecule has 1 fully saturated rings. The summed E-state index contributed by atoms with van der Waals surface area (Å²) in [5.41, 5.74) is 1.50. The molecule has 1 atom stereocenters. The lowest BCUT2D eigenvalue weighted by atomic mass is 10.0. The predicted octanol–water partition coefficient (Wildman–Crippen LogP) is 3.38. The zero-order valence-corrected chi connectivity index (χ0v) is 13.3. The number of nitrogens with zero attached hydrogens (tertiary/aromatic N) is 4. The minimum atomic E-state index is -0.134. The van der Waals surface area contributed by atoms with E-state index in [1.165, 1.54) is 6.39 Å². The van der Waals surface area contributed by atoms with Crippen molar-refractivity contribution in [1.29, 1.82) is 0 Å². The van der Waals surface area contributed by atoms with Gasteiger partial charge in [-0.15, -0.1) is 0 Å². The van der Waals surface area contributed by atoms with E-state index in [2.05, 4.69) is 15.1 Å². The Morgan fingerprint density at radius 2 is 2.08 bits per heavy atom. The molecule has 1 aromatic carbocycles. The number of carbonyl (C=O) groups is 1. The Balaban J connectivity index is 1.75. The van der Waals surface area contributed by atoms with Gasteiger partial charge >= 0.3 is 0 Å². The highest BCUT2D eigenvalue weighted by molar-refractivity contribution is 6.06. The molecule has 2 aromatic heterocycles. The third-order valence-electron chi connectivity index (χ3n) is 4.57. The fourth-order valence-electron chi connectivity index (χ4n) is 3.39. The maximum atomic E-state index is 13.3. The molecule has 1 aliphatic heterocycles. The van der Waals surface area contributed by atoms with Crippen LogP contribution in [0.25, 0.3) is 10.9 Å². The van der Waals surface area contributed by atoms with E-state index in [1.54, 1.807) is 6.20 Å². The summed E-state index contributed by atoms with van der Waals surface area (Å²) in [7, 11) is 0. The molecule has 3 heterocycles. The van der Waals surface area contributed by atoms with Crippen LogP contribution in [0.15, 0.2) is 47.4 Å². The van der Waals surface area contributed by atoms with Gasteiger partial charge < -0.3 is 9.42 Å². The second-order valence-corrected chi connectivity index (χ2v) is 6.03. The summed E-state index contributed by atoms with van der Waals surface area (Å²) < 4.78 is 4.90. The number of aromatic nitrogens is 3. The largest absolute Gasteiger partial charge is 0.343 e. The first kappa shape index (κ1) is 14.8. The van der Waals surface area contributed by atoms with E-state index in [4.69, 9.17) is 4.52 Å². The number of carbonyl (C=O) groups excluding carboxylic acids is 1. The molecule has 0 bridgehead atoms. The van der Waals surface area contributed by atoms with Crippen molar-refractivity contribution in [3.63, 3.8) is 0 Å². The Hall–Kier alpha value is -2.76. The quantitative estimate of drug-likeness (QED) is 0.723. The first-order valence-electron chi connectivity index (χ1n) is 8.25. The van der Waals surface area contributed by atoms with E-state index in [0.717, 1.165) is 36.6 Å². The molecule has 0 N–H and O–H groups in total. The van der Waals surface area contributed by atoms with Crippen LogP contribution in [0.5, 0.6) is 0 Å². The van der Waals surface area contributed by atoms with E-state index in [-0.39, 0.29) is 11.9 Å². The standard InChI is InChI=1S/C18H18N4O2/c23-18(14-6-4-8-15-13(14)7-5-10-19-15)22-11-3-1-2-9-16(22)17-20-12-24-21-17/h4-8,10,12,16H,1-3,9,11H2. The molecular formula is C18H18N4O2. The normalized spacial score (nSPS) is 18.5. The molecule has 1 amide bonds. The minimum Gasteiger partial charge on any atom is -0.343 e. The van der Waals surface area contributed by atoms with Crippen molar-refractivity contribution in [3.8, 4) is 0 Å². The fraction of sp³-hybridized carbons (Fsp3) is 0.333. The molecule has 1 unspecified atom stereocenters. The average molecular weight is 322 g/mol. The van der Waals surface area contributed by atoms with Crippen molar-refractivity contribution < 1.29 is 9.32 Å². The highest BCUT2D eigenvalue weighted by Crippen LogP contribution is 2.30. The van der Waals surface area contributed by atoms with Gasteiger partial charge in [0.15, 0.2) is 5.82 Å². The van der Waals surface area contributed by atoms with Gasteiger partial charge in [0, 0.05) is 23.7 Å². The number of amides is 1. The van der Waals surface area contributed by atoms with Crippen molar-refractivity contribution in [2.75, 3.05) is 6.54 Å². The molecule has 1 saturated heterocycles. The average Bonchev–Trinajstić information content (AvgIpc) is 3.05. The maximum absolute atomic E-state index is 13.3. The number of benzene rings is 1. The topological polar surface area (TPSA) is 72.1 Å². The maximum Gasteiger partial charge on any atom is 0.255 e. The molecule has 0 aliphatic carbocycles. The van der Waals surface area contributed by atoms with Crippen LogP contribution in [0, 0.1) is 0 Å². The summed E-state index contributed by atoms with van der Waals surface area (Å²) in [6.45, 7) is 0.703. The number of hydrogen-bond donors (Lipinski definition) is 0. The molecule has 4 rings (SSSR count). The zero-order valence-electron chi connectivity index (χ0n) is 13.3. The van der Waals surface area contributed by atoms with Crippen LogP contribution in [-0.4, -0.2) is 32.5 Å². The molecule has 6 nitrogen and oxygen atoms in total. The van der Waals surface area contributed by atoms with Crippen LogP contribution in [0.4, 0.5) is 0 Å². The van der Waals surface area contributed by atoms with Gasteiger partial charge in [-0.1, -0.05) is 30.1 Å². The third kappa shape index (κ3) is 2.64. The van der Waals surface area contributed by atoms with Crippen LogP contribution in [0.2, 0.25) is 0 Å². The van der Waals surface area contributed by atoms with Gasteiger partial charge in [0.1, 0.15) is 0 Å². The first-order chi connectivity index (χ1) is 11.8. The Kier molecular flexibility index (Phi) is 3.94. The van der Waals surface area contributed by atoms with Gasteiger partial charge in [-0.25, -0.2) is 0 Å². The number of fused-ring (bicyclic) bond motifs is 1. The number of pyridine rings is 1. The Labute approximate surface area is 139 Å². The Bertz CT molecular complexity index is 842. The first-order valence-corrected chi connectivity index (χ1v) is 8.25. The number of rotatable bonds is 2. The second kappa shape index (κ2) is 6.39. The number of likely N-dealkylation sites (tertiary alicyclic amines) is 1. The molecule has 6 heteroatoms. The lowest BCUT2D eigenvalue weighted by molar-refractivity contribution is 0.0672. The molecule has 0 spiro atoms. The van der Waals surface area contributed by atoms with E-state index in [1.807, 2.05) is 35.2 Å². The van der Waals surface area contributed by atoms with Crippen molar-refractivity contribution in [1.82, 2.24) is 20.0 Å². The summed E-state index contributed by atoms with van der Waals surface area (Å²) in [4.78, 5) is 23.7. The zero-order chi connectivity index (χ0) is 16.4. The summed E-state index contributed by atoms with van der Waals surface area (Å²) >= 11 is 0. The molecule has 24 heavy (non-hydrogen) atoms. The fourth-order valence-corrected chi connectivity index (χ4v) is 3.39. The van der Waals surface area contributed by atoms with Crippen LogP contribution in [0.1, 0.15) is 47.9 Å². The summed E-state index contributed by atoms with van der Waals surface area (Å²) in [5, 5.41) is 4.85. The Morgan fingerprint density at radius 3 is 2.96 bits per heavy atom. The lowest BCUT2D eigenvalue weighted by Crippen LogP contribution is -2.35. The summed E-state index contributed by atoms with van der Waals surface area (Å²) in [6.07, 6.45) is 7.07. The van der Waals surface area contributed by atoms with Crippen molar-refractivity contribution in [2.24, 2.45) is 0 Å². The van der Waals surface area contributed by atoms with Gasteiger partial charge in [-0.3, -0.25) is 9.78 Å². The molecule has 122 valence electrons. The molecule has 0 saturated carbocycles. The van der Waals surface area contributed by atoms with E-state index in [9.17, 15) is 4.79 Å². The molecule has 0 radical (unpaired) electrons. The highest BCUT2D eigenvalue weighted by atomic mass is 16.5. The van der Waals surface area contributed by atoms with Crippen molar-refractivity contribution in [2.45, 2.75) is 31.7 Å². The summed E-state index contributed by atoms with van der Waals surface area (Å²) in [5.74, 6) is 0.592. The van der Waals surface area contributed by atoms with Gasteiger partial charge in [0.05, 0.1) is 11.6 Å². The minimum absolute atomic E-state index is 0.00491. The molecule has 1 aliphatic rings. The smallest absolute Gasteiger partial charge is 0.255 e. The van der Waals surface area contributed by atoms with Crippen molar-refractivity contribution in [3.05, 3.63) is 54.3 Å². The molecule has 3 aromatic rings. The SMILES string of the molecule is O=C(c1cccc2ncccc12)N1CCCCCC1c1ncon1. The van der Waals surface area contributed by atoms with Gasteiger partial charge in [0.2, 0.25) is 6.39 Å². The predicted molar refractivity (Wildman–Crippen MR) is 88.3 cm³/mol. The van der Waals surface area contributed by atoms with Gasteiger partial charge in [-0.2, -0.15) is 4.98 Å². The number of hydrogen-bond acceptors (Lipinski definition) is 5. The van der Waals surface area contributed by atoms with E-state index < -0.39 is 0 Å². The second-order valence-electron chi connectivity index (χ2n) is 6.03. The highest BCUT2D eigenvalue weighted by Gasteiger charge is 2.30. The third-order valence-corrected chi connectivity index (χ3v) is 4.57. The van der Waals surface area contributed by atoms with Gasteiger partial charge in [0.25, 0.3) is 5.91 Å². The van der Waals surface area contributed by atoms with Crippen LogP contribution in [-0.2, 0) is 0 Å². The monoisotopic (exact) mass is 322 g/mol. The lowest BCUT2D eigenvalue weighted by Gasteiger charge is -2.28. The molecular weight excluding hydrogens is 304 g/mol. The Morgan fingerprint density at radius 1 is 1.12 bits per heavy atom. The van der Waals surface area contributed by atoms with Gasteiger partial charge in [-0.05, 0) is 31.0 Å². The van der Waals surface area contributed by atoms with Crippen molar-refractivity contribution >= 4 is 16.8 Å². The van der Waals surface area contributed by atoms with E-state index in [0.29, 0.717) is 17.9 Å².